The molecule has 0 radical (unpaired) electrons. The van der Waals surface area contributed by atoms with Crippen LogP contribution in [0.4, 0.5) is 10.2 Å². The second-order valence-corrected chi connectivity index (χ2v) is 12.0. The Bertz CT molecular complexity index is 1020. The van der Waals surface area contributed by atoms with Crippen LogP contribution in [0.1, 0.15) is 71.9 Å². The number of nitrogens with one attached hydrogen (secondary N) is 3. The van der Waals surface area contributed by atoms with Crippen molar-refractivity contribution in [2.75, 3.05) is 18.4 Å². The predicted octanol–water partition coefficient (Wildman–Crippen LogP) is 6.46. The van der Waals surface area contributed by atoms with Gasteiger partial charge in [0.15, 0.2) is 5.82 Å². The lowest BCUT2D eigenvalue weighted by molar-refractivity contribution is -0.118. The van der Waals surface area contributed by atoms with Gasteiger partial charge >= 0.3 is 0 Å². The van der Waals surface area contributed by atoms with Crippen LogP contribution in [-0.2, 0) is 23.2 Å². The van der Waals surface area contributed by atoms with Crippen molar-refractivity contribution < 1.29 is 9.18 Å². The maximum absolute atomic E-state index is 13.8. The molecule has 1 aliphatic rings. The Kier molecular flexibility index (Phi) is 13.2. The molecule has 0 aliphatic heterocycles. The predicted molar refractivity (Wildman–Crippen MR) is 162 cm³/mol. The summed E-state index contributed by atoms with van der Waals surface area (Å²) in [5, 5.41) is 10.2. The number of imidazole rings is 1. The van der Waals surface area contributed by atoms with Crippen molar-refractivity contribution in [3.05, 3.63) is 46.6 Å². The molecule has 6 nitrogen and oxygen atoms in total. The number of fused-ring (bicyclic) bond motifs is 1. The molecule has 1 aromatic heterocycles. The van der Waals surface area contributed by atoms with Crippen LogP contribution in [-0.4, -0.2) is 40.6 Å². The summed E-state index contributed by atoms with van der Waals surface area (Å²) in [6.07, 6.45) is 7.63. The molecule has 1 aliphatic carbocycles. The summed E-state index contributed by atoms with van der Waals surface area (Å²) >= 11 is 6.00. The molecule has 0 bridgehead atoms. The van der Waals surface area contributed by atoms with E-state index in [9.17, 15) is 9.18 Å². The quantitative estimate of drug-likeness (QED) is 0.272. The second-order valence-electron chi connectivity index (χ2n) is 11.6. The van der Waals surface area contributed by atoms with Gasteiger partial charge < -0.3 is 20.5 Å². The number of hydrogen-bond acceptors (Lipinski definition) is 4. The highest BCUT2D eigenvalue weighted by molar-refractivity contribution is 8.93. The Labute approximate surface area is 247 Å². The number of carbonyl (C=O) groups excluding carboxylic acids is 1. The highest BCUT2D eigenvalue weighted by Gasteiger charge is 2.27. The van der Waals surface area contributed by atoms with Gasteiger partial charge in [0.1, 0.15) is 5.82 Å². The van der Waals surface area contributed by atoms with Crippen LogP contribution in [0.25, 0.3) is 0 Å². The number of hydrogen-bond donors (Lipinski definition) is 3. The molecular formula is C27H43Br2ClFN5O. The number of aryl methyl sites for hydroxylation is 1. The van der Waals surface area contributed by atoms with Gasteiger partial charge in [0.25, 0.3) is 0 Å². The average molecular weight is 668 g/mol. The number of halogens is 4. The highest BCUT2D eigenvalue weighted by atomic mass is 79.9. The largest absolute Gasteiger partial charge is 0.328 e. The van der Waals surface area contributed by atoms with E-state index in [0.717, 1.165) is 56.3 Å². The smallest absolute Gasteiger partial charge is 0.242 e. The van der Waals surface area contributed by atoms with Gasteiger partial charge in [-0.1, -0.05) is 45.7 Å². The summed E-state index contributed by atoms with van der Waals surface area (Å²) in [5.41, 5.74) is 2.09. The van der Waals surface area contributed by atoms with Gasteiger partial charge in [0.05, 0.1) is 22.9 Å². The molecule has 10 heteroatoms. The van der Waals surface area contributed by atoms with E-state index in [1.54, 1.807) is 18.5 Å². The average Bonchev–Trinajstić information content (AvgIpc) is 3.23. The third-order valence-electron chi connectivity index (χ3n) is 6.55. The van der Waals surface area contributed by atoms with Gasteiger partial charge in [0.2, 0.25) is 5.91 Å². The Hall–Kier alpha value is -1.00. The molecule has 37 heavy (non-hydrogen) atoms. The zero-order valence-electron chi connectivity index (χ0n) is 22.8. The van der Waals surface area contributed by atoms with E-state index in [1.165, 1.54) is 0 Å². The van der Waals surface area contributed by atoms with Gasteiger partial charge in [-0.05, 0) is 68.2 Å². The molecule has 210 valence electrons. The summed E-state index contributed by atoms with van der Waals surface area (Å²) in [5.74, 6) is 0.106. The third kappa shape index (κ3) is 9.92. The molecule has 1 heterocycles. The number of aromatic nitrogens is 2. The first-order valence-electron chi connectivity index (χ1n) is 12.7. The second kappa shape index (κ2) is 14.4. The number of nitrogens with zero attached hydrogens (tertiary/aromatic N) is 2. The highest BCUT2D eigenvalue weighted by Crippen LogP contribution is 2.27. The van der Waals surface area contributed by atoms with E-state index in [-0.39, 0.29) is 73.7 Å². The molecule has 3 rings (SSSR count). The van der Waals surface area contributed by atoms with Gasteiger partial charge in [0, 0.05) is 25.3 Å². The maximum atomic E-state index is 13.8. The Morgan fingerprint density at radius 1 is 1.19 bits per heavy atom. The summed E-state index contributed by atoms with van der Waals surface area (Å²) in [6.45, 7) is 14.7. The standard InChI is InChI=1S/C27H41ClFN5O.2BrH/c1-7-8-23(32-20-10-9-18-13-22(29)21(28)12-19(18)11-20)25(35)33-24-14-34(17-31-24)27(5,6)16-30-15-26(2,3)4;;/h12-14,17,20,23,30,32H,7-11,15-16H2,1-6H3,(H,33,35);2*1H/t20-,23?;;/m0../s1. The topological polar surface area (TPSA) is 71.0 Å². The fourth-order valence-corrected chi connectivity index (χ4v) is 4.71. The maximum Gasteiger partial charge on any atom is 0.242 e. The monoisotopic (exact) mass is 665 g/mol. The first kappa shape index (κ1) is 34.0. The van der Waals surface area contributed by atoms with Crippen molar-refractivity contribution in [3.8, 4) is 0 Å². The van der Waals surface area contributed by atoms with E-state index in [4.69, 9.17) is 11.6 Å². The summed E-state index contributed by atoms with van der Waals surface area (Å²) in [7, 11) is 0. The van der Waals surface area contributed by atoms with Crippen LogP contribution in [0.2, 0.25) is 5.02 Å². The lowest BCUT2D eigenvalue weighted by atomic mass is 9.87. The Morgan fingerprint density at radius 2 is 1.89 bits per heavy atom. The van der Waals surface area contributed by atoms with Gasteiger partial charge in [-0.15, -0.1) is 34.0 Å². The number of anilines is 1. The van der Waals surface area contributed by atoms with Crippen molar-refractivity contribution in [3.63, 3.8) is 0 Å². The SMILES string of the molecule is Br.Br.CCCC(N[C@H]1CCc2cc(F)c(Cl)cc2C1)C(=O)Nc1cn(C(C)(C)CNCC(C)(C)C)cn1. The van der Waals surface area contributed by atoms with E-state index in [2.05, 4.69) is 62.5 Å². The molecular weight excluding hydrogens is 625 g/mol. The van der Waals surface area contributed by atoms with Crippen molar-refractivity contribution in [1.29, 1.82) is 0 Å². The van der Waals surface area contributed by atoms with E-state index in [1.807, 2.05) is 10.8 Å². The van der Waals surface area contributed by atoms with E-state index in [0.29, 0.717) is 5.82 Å². The minimum atomic E-state index is -0.368. The molecule has 2 aromatic rings. The summed E-state index contributed by atoms with van der Waals surface area (Å²) in [4.78, 5) is 17.6. The fourth-order valence-electron chi connectivity index (χ4n) is 4.52. The van der Waals surface area contributed by atoms with Gasteiger partial charge in [-0.3, -0.25) is 4.79 Å². The molecule has 1 aromatic carbocycles. The van der Waals surface area contributed by atoms with Gasteiger partial charge in [-0.25, -0.2) is 9.37 Å². The third-order valence-corrected chi connectivity index (χ3v) is 6.84. The van der Waals surface area contributed by atoms with Crippen LogP contribution in [0.5, 0.6) is 0 Å². The molecule has 3 N–H and O–H groups in total. The number of rotatable bonds is 10. The Balaban J connectivity index is 0.00000342. The number of carbonyl (C=O) groups is 1. The lowest BCUT2D eigenvalue weighted by Gasteiger charge is -2.29. The molecule has 0 saturated heterocycles. The van der Waals surface area contributed by atoms with Crippen molar-refractivity contribution in [2.45, 2.75) is 91.3 Å². The normalized spacial score (nSPS) is 16.3. The minimum Gasteiger partial charge on any atom is -0.328 e. The summed E-state index contributed by atoms with van der Waals surface area (Å²) in [6, 6.07) is 3.08. The molecule has 0 saturated carbocycles. The summed E-state index contributed by atoms with van der Waals surface area (Å²) < 4.78 is 15.8. The Morgan fingerprint density at radius 3 is 2.54 bits per heavy atom. The van der Waals surface area contributed by atoms with Gasteiger partial charge in [-0.2, -0.15) is 0 Å². The van der Waals surface area contributed by atoms with Crippen molar-refractivity contribution in [1.82, 2.24) is 20.2 Å². The number of benzene rings is 1. The fraction of sp³-hybridized carbons (Fsp3) is 0.630. The first-order chi connectivity index (χ1) is 16.4. The minimum absolute atomic E-state index is 0. The van der Waals surface area contributed by atoms with Crippen molar-refractivity contribution in [2.24, 2.45) is 5.41 Å². The molecule has 0 spiro atoms. The molecule has 0 fully saturated rings. The van der Waals surface area contributed by atoms with Crippen LogP contribution in [0.3, 0.4) is 0 Å². The zero-order valence-corrected chi connectivity index (χ0v) is 27.0. The van der Waals surface area contributed by atoms with Crippen LogP contribution in [0, 0.1) is 11.2 Å². The van der Waals surface area contributed by atoms with Crippen LogP contribution < -0.4 is 16.0 Å². The molecule has 1 unspecified atom stereocenters. The first-order valence-corrected chi connectivity index (χ1v) is 13.0. The molecule has 2 atom stereocenters. The zero-order chi connectivity index (χ0) is 25.8. The van der Waals surface area contributed by atoms with Crippen LogP contribution >= 0.6 is 45.6 Å². The van der Waals surface area contributed by atoms with E-state index >= 15 is 0 Å². The number of amides is 1. The lowest BCUT2D eigenvalue weighted by Crippen LogP contribution is -2.47. The van der Waals surface area contributed by atoms with Crippen LogP contribution in [0.15, 0.2) is 24.7 Å². The van der Waals surface area contributed by atoms with E-state index < -0.39 is 0 Å². The molecule has 1 amide bonds. The van der Waals surface area contributed by atoms with Crippen molar-refractivity contribution >= 4 is 57.3 Å².